The molecule has 28 heavy (non-hydrogen) atoms. The standard InChI is InChI=1S/C26H25NO/c1-14(2)8-18-11-19-6-7-27-25-21-13-20-10-15(3)9-16(4)23(20)17(5)26(21)28-22(12-18)24(19)25/h6-7,9-14H,8H2,1-5H3. The third kappa shape index (κ3) is 2.51. The molecule has 2 nitrogen and oxygen atoms in total. The van der Waals surface area contributed by atoms with E-state index in [1.165, 1.54) is 38.4 Å². The average molecular weight is 367 g/mol. The number of benzene rings is 3. The van der Waals surface area contributed by atoms with E-state index in [1.807, 2.05) is 6.20 Å². The van der Waals surface area contributed by atoms with Crippen LogP contribution in [0.2, 0.25) is 0 Å². The molecule has 1 aliphatic rings. The Morgan fingerprint density at radius 1 is 0.929 bits per heavy atom. The van der Waals surface area contributed by atoms with Gasteiger partial charge in [0.2, 0.25) is 0 Å². The van der Waals surface area contributed by atoms with Crippen molar-refractivity contribution in [1.82, 2.24) is 4.98 Å². The zero-order valence-corrected chi connectivity index (χ0v) is 17.2. The molecule has 0 aliphatic carbocycles. The highest BCUT2D eigenvalue weighted by molar-refractivity contribution is 6.06. The Kier molecular flexibility index (Phi) is 3.74. The summed E-state index contributed by atoms with van der Waals surface area (Å²) < 4.78 is 6.56. The van der Waals surface area contributed by atoms with Crippen molar-refractivity contribution in [3.05, 3.63) is 64.8 Å². The van der Waals surface area contributed by atoms with Crippen LogP contribution in [-0.2, 0) is 6.42 Å². The summed E-state index contributed by atoms with van der Waals surface area (Å²) in [7, 11) is 0. The minimum Gasteiger partial charge on any atom is -0.456 e. The lowest BCUT2D eigenvalue weighted by Gasteiger charge is -2.24. The molecule has 3 aromatic carbocycles. The fourth-order valence-electron chi connectivity index (χ4n) is 4.79. The summed E-state index contributed by atoms with van der Waals surface area (Å²) in [5.74, 6) is 2.50. The summed E-state index contributed by atoms with van der Waals surface area (Å²) in [6.07, 6.45) is 2.97. The lowest BCUT2D eigenvalue weighted by atomic mass is 9.90. The smallest absolute Gasteiger partial charge is 0.140 e. The number of aromatic nitrogens is 1. The van der Waals surface area contributed by atoms with Crippen LogP contribution < -0.4 is 4.74 Å². The first-order valence-corrected chi connectivity index (χ1v) is 10.1. The van der Waals surface area contributed by atoms with Crippen molar-refractivity contribution in [2.24, 2.45) is 5.92 Å². The predicted octanol–water partition coefficient (Wildman–Crippen LogP) is 7.28. The van der Waals surface area contributed by atoms with Crippen molar-refractivity contribution >= 4 is 21.5 Å². The van der Waals surface area contributed by atoms with Crippen LogP contribution in [-0.4, -0.2) is 4.98 Å². The van der Waals surface area contributed by atoms with Crippen LogP contribution in [0.1, 0.15) is 36.1 Å². The van der Waals surface area contributed by atoms with E-state index in [2.05, 4.69) is 71.0 Å². The van der Waals surface area contributed by atoms with Crippen LogP contribution >= 0.6 is 0 Å². The highest BCUT2D eigenvalue weighted by Gasteiger charge is 2.25. The lowest BCUT2D eigenvalue weighted by Crippen LogP contribution is -2.03. The molecule has 0 atom stereocenters. The highest BCUT2D eigenvalue weighted by Crippen LogP contribution is 2.49. The predicted molar refractivity (Wildman–Crippen MR) is 118 cm³/mol. The Morgan fingerprint density at radius 3 is 2.54 bits per heavy atom. The van der Waals surface area contributed by atoms with E-state index in [4.69, 9.17) is 9.72 Å². The maximum absolute atomic E-state index is 6.56. The van der Waals surface area contributed by atoms with E-state index < -0.39 is 0 Å². The minimum atomic E-state index is 0.610. The second-order valence-corrected chi connectivity index (χ2v) is 8.61. The fourth-order valence-corrected chi connectivity index (χ4v) is 4.79. The number of rotatable bonds is 2. The maximum Gasteiger partial charge on any atom is 0.140 e. The molecule has 0 amide bonds. The molecule has 0 saturated heterocycles. The van der Waals surface area contributed by atoms with Crippen molar-refractivity contribution in [2.75, 3.05) is 0 Å². The Bertz CT molecular complexity index is 1270. The van der Waals surface area contributed by atoms with Gasteiger partial charge in [-0.15, -0.1) is 0 Å². The summed E-state index contributed by atoms with van der Waals surface area (Å²) in [6, 6.07) is 13.4. The molecule has 0 spiro atoms. The van der Waals surface area contributed by atoms with Gasteiger partial charge in [0.1, 0.15) is 11.5 Å². The van der Waals surface area contributed by atoms with Crippen molar-refractivity contribution < 1.29 is 4.74 Å². The number of aryl methyl sites for hydroxylation is 3. The van der Waals surface area contributed by atoms with E-state index in [-0.39, 0.29) is 0 Å². The zero-order valence-electron chi connectivity index (χ0n) is 17.2. The van der Waals surface area contributed by atoms with Crippen molar-refractivity contribution in [1.29, 1.82) is 0 Å². The van der Waals surface area contributed by atoms with Crippen LogP contribution in [0.5, 0.6) is 11.5 Å². The molecule has 1 aliphatic heterocycles. The van der Waals surface area contributed by atoms with Gasteiger partial charge in [-0.1, -0.05) is 37.6 Å². The second kappa shape index (κ2) is 6.07. The molecule has 0 N–H and O–H groups in total. The van der Waals surface area contributed by atoms with Gasteiger partial charge in [0.05, 0.1) is 11.1 Å². The largest absolute Gasteiger partial charge is 0.456 e. The molecule has 4 aromatic rings. The first-order valence-electron chi connectivity index (χ1n) is 10.1. The van der Waals surface area contributed by atoms with Crippen molar-refractivity contribution in [3.8, 4) is 22.8 Å². The van der Waals surface area contributed by atoms with Crippen molar-refractivity contribution in [3.63, 3.8) is 0 Å². The van der Waals surface area contributed by atoms with Gasteiger partial charge in [0.15, 0.2) is 0 Å². The average Bonchev–Trinajstić information content (AvgIpc) is 2.61. The van der Waals surface area contributed by atoms with Crippen LogP contribution in [0.3, 0.4) is 0 Å². The maximum atomic E-state index is 6.56. The molecule has 140 valence electrons. The van der Waals surface area contributed by atoms with E-state index in [1.54, 1.807) is 0 Å². The summed E-state index contributed by atoms with van der Waals surface area (Å²) >= 11 is 0. The topological polar surface area (TPSA) is 22.1 Å². The molecule has 5 rings (SSSR count). The van der Waals surface area contributed by atoms with Gasteiger partial charge >= 0.3 is 0 Å². The Hall–Kier alpha value is -2.87. The van der Waals surface area contributed by atoms with Gasteiger partial charge < -0.3 is 4.74 Å². The normalized spacial score (nSPS) is 12.5. The van der Waals surface area contributed by atoms with Crippen LogP contribution in [0.25, 0.3) is 32.8 Å². The van der Waals surface area contributed by atoms with Crippen molar-refractivity contribution in [2.45, 2.75) is 41.0 Å². The first kappa shape index (κ1) is 17.2. The molecular formula is C26H25NO. The van der Waals surface area contributed by atoms with E-state index in [0.29, 0.717) is 5.92 Å². The van der Waals surface area contributed by atoms with Crippen LogP contribution in [0.15, 0.2) is 42.6 Å². The summed E-state index contributed by atoms with van der Waals surface area (Å²) in [6.45, 7) is 11.0. The molecule has 0 bridgehead atoms. The van der Waals surface area contributed by atoms with Crippen LogP contribution in [0, 0.1) is 26.7 Å². The number of fused-ring (bicyclic) bond motifs is 3. The Balaban J connectivity index is 1.84. The Labute approximate surface area is 166 Å². The number of nitrogens with zero attached hydrogens (tertiary/aromatic N) is 1. The van der Waals surface area contributed by atoms with Gasteiger partial charge in [-0.3, -0.25) is 4.98 Å². The second-order valence-electron chi connectivity index (χ2n) is 8.61. The first-order chi connectivity index (χ1) is 13.4. The van der Waals surface area contributed by atoms with E-state index >= 15 is 0 Å². The monoisotopic (exact) mass is 367 g/mol. The van der Waals surface area contributed by atoms with E-state index in [9.17, 15) is 0 Å². The molecular weight excluding hydrogens is 342 g/mol. The molecule has 0 fully saturated rings. The zero-order chi connectivity index (χ0) is 19.6. The third-order valence-corrected chi connectivity index (χ3v) is 5.77. The van der Waals surface area contributed by atoms with Gasteiger partial charge in [-0.05, 0) is 78.6 Å². The minimum absolute atomic E-state index is 0.610. The molecule has 0 saturated carbocycles. The van der Waals surface area contributed by atoms with E-state index in [0.717, 1.165) is 34.6 Å². The van der Waals surface area contributed by atoms with Gasteiger partial charge in [-0.25, -0.2) is 0 Å². The Morgan fingerprint density at radius 2 is 1.75 bits per heavy atom. The molecule has 2 heterocycles. The number of hydrogen-bond acceptors (Lipinski definition) is 2. The highest BCUT2D eigenvalue weighted by atomic mass is 16.5. The summed E-state index contributed by atoms with van der Waals surface area (Å²) in [5.41, 5.74) is 7.24. The van der Waals surface area contributed by atoms with Crippen LogP contribution in [0.4, 0.5) is 0 Å². The molecule has 0 unspecified atom stereocenters. The van der Waals surface area contributed by atoms with Gasteiger partial charge in [0.25, 0.3) is 0 Å². The van der Waals surface area contributed by atoms with Gasteiger partial charge in [-0.2, -0.15) is 0 Å². The quantitative estimate of drug-likeness (QED) is 0.327. The molecule has 1 aromatic heterocycles. The third-order valence-electron chi connectivity index (χ3n) is 5.77. The number of ether oxygens (including phenoxy) is 1. The molecule has 0 radical (unpaired) electrons. The lowest BCUT2D eigenvalue weighted by molar-refractivity contribution is 0.482. The number of hydrogen-bond donors (Lipinski definition) is 0. The SMILES string of the molecule is Cc1cc(C)c2c(C)c3c(cc2c1)-c1nccc2cc(CC(C)C)cc(c12)O3. The summed E-state index contributed by atoms with van der Waals surface area (Å²) in [5, 5.41) is 4.89. The van der Waals surface area contributed by atoms with Gasteiger partial charge in [0, 0.05) is 17.3 Å². The fraction of sp³-hybridized carbons (Fsp3) is 0.269. The number of pyridine rings is 1. The molecule has 2 heteroatoms. The summed E-state index contributed by atoms with van der Waals surface area (Å²) in [4.78, 5) is 4.78.